The molecule has 0 amide bonds. The predicted octanol–water partition coefficient (Wildman–Crippen LogP) is 3.03. The molecule has 2 rings (SSSR count). The van der Waals surface area contributed by atoms with E-state index in [0.717, 1.165) is 19.4 Å². The highest BCUT2D eigenvalue weighted by Gasteiger charge is 2.14. The van der Waals surface area contributed by atoms with Gasteiger partial charge in [0.15, 0.2) is 11.5 Å². The first-order chi connectivity index (χ1) is 11.7. The van der Waals surface area contributed by atoms with E-state index in [4.69, 9.17) is 14.2 Å². The Bertz CT molecular complexity index is 633. The molecule has 0 spiro atoms. The molecule has 24 heavy (non-hydrogen) atoms. The zero-order chi connectivity index (χ0) is 17.4. The largest absolute Gasteiger partial charge is 0.493 e. The van der Waals surface area contributed by atoms with Crippen molar-refractivity contribution in [3.8, 4) is 17.2 Å². The van der Waals surface area contributed by atoms with E-state index in [1.807, 2.05) is 25.2 Å². The van der Waals surface area contributed by atoms with Crippen molar-refractivity contribution in [1.29, 1.82) is 0 Å². The third-order valence-corrected chi connectivity index (χ3v) is 3.63. The Morgan fingerprint density at radius 1 is 1.04 bits per heavy atom. The van der Waals surface area contributed by atoms with Crippen molar-refractivity contribution in [2.75, 3.05) is 34.4 Å². The summed E-state index contributed by atoms with van der Waals surface area (Å²) < 4.78 is 16.5. The van der Waals surface area contributed by atoms with Crippen LogP contribution in [0.5, 0.6) is 17.2 Å². The van der Waals surface area contributed by atoms with Crippen LogP contribution in [0.1, 0.15) is 15.9 Å². The standard InChI is InChI=1S/C19H23NO4/c1-20(13-15-7-5-4-6-8-15)9-10-24-19-17(22-2)11-16(14-21)12-18(19)23-3/h4-8,11-12,14H,9-10,13H2,1-3H3. The lowest BCUT2D eigenvalue weighted by molar-refractivity contribution is 0.112. The van der Waals surface area contributed by atoms with E-state index in [9.17, 15) is 4.79 Å². The van der Waals surface area contributed by atoms with E-state index in [0.29, 0.717) is 29.4 Å². The van der Waals surface area contributed by atoms with Crippen molar-refractivity contribution in [2.45, 2.75) is 6.54 Å². The normalized spacial score (nSPS) is 10.5. The van der Waals surface area contributed by atoms with Gasteiger partial charge < -0.3 is 14.2 Å². The lowest BCUT2D eigenvalue weighted by atomic mass is 10.2. The first-order valence-electron chi connectivity index (χ1n) is 7.74. The first-order valence-corrected chi connectivity index (χ1v) is 7.74. The predicted molar refractivity (Wildman–Crippen MR) is 93.2 cm³/mol. The lowest BCUT2D eigenvalue weighted by Gasteiger charge is -2.19. The van der Waals surface area contributed by atoms with Crippen LogP contribution < -0.4 is 14.2 Å². The number of rotatable bonds is 9. The molecule has 0 fully saturated rings. The lowest BCUT2D eigenvalue weighted by Crippen LogP contribution is -2.24. The molecular weight excluding hydrogens is 306 g/mol. The van der Waals surface area contributed by atoms with Crippen molar-refractivity contribution in [2.24, 2.45) is 0 Å². The summed E-state index contributed by atoms with van der Waals surface area (Å²) in [5.74, 6) is 1.49. The number of ether oxygens (including phenoxy) is 3. The molecule has 5 nitrogen and oxygen atoms in total. The SMILES string of the molecule is COc1cc(C=O)cc(OC)c1OCCN(C)Cc1ccccc1. The molecule has 0 N–H and O–H groups in total. The second-order valence-corrected chi connectivity index (χ2v) is 5.44. The summed E-state index contributed by atoms with van der Waals surface area (Å²) in [5.41, 5.74) is 1.74. The molecule has 2 aromatic rings. The van der Waals surface area contributed by atoms with Crippen molar-refractivity contribution in [1.82, 2.24) is 4.90 Å². The van der Waals surface area contributed by atoms with Crippen molar-refractivity contribution in [3.05, 3.63) is 53.6 Å². The van der Waals surface area contributed by atoms with Crippen LogP contribution in [-0.4, -0.2) is 45.6 Å². The Labute approximate surface area is 142 Å². The van der Waals surface area contributed by atoms with Gasteiger partial charge in [-0.2, -0.15) is 0 Å². The average Bonchev–Trinajstić information content (AvgIpc) is 2.62. The first kappa shape index (κ1) is 17.8. The molecule has 0 aliphatic carbocycles. The van der Waals surface area contributed by atoms with Crippen molar-refractivity contribution < 1.29 is 19.0 Å². The number of nitrogens with zero attached hydrogens (tertiary/aromatic N) is 1. The zero-order valence-electron chi connectivity index (χ0n) is 14.3. The summed E-state index contributed by atoms with van der Waals surface area (Å²) in [7, 11) is 5.12. The zero-order valence-corrected chi connectivity index (χ0v) is 14.3. The molecule has 0 heterocycles. The fourth-order valence-corrected chi connectivity index (χ4v) is 2.39. The fraction of sp³-hybridized carbons (Fsp3) is 0.316. The van der Waals surface area contributed by atoms with Crippen LogP contribution in [0.3, 0.4) is 0 Å². The minimum absolute atomic E-state index is 0.483. The number of methoxy groups -OCH3 is 2. The van der Waals surface area contributed by atoms with Crippen molar-refractivity contribution in [3.63, 3.8) is 0 Å². The van der Waals surface area contributed by atoms with E-state index >= 15 is 0 Å². The van der Waals surface area contributed by atoms with E-state index < -0.39 is 0 Å². The number of carbonyl (C=O) groups excluding carboxylic acids is 1. The molecule has 0 bridgehead atoms. The van der Waals surface area contributed by atoms with Crippen LogP contribution in [0.2, 0.25) is 0 Å². The van der Waals surface area contributed by atoms with Crippen LogP contribution in [0, 0.1) is 0 Å². The highest BCUT2D eigenvalue weighted by Crippen LogP contribution is 2.38. The molecule has 0 radical (unpaired) electrons. The Balaban J connectivity index is 1.97. The number of hydrogen-bond acceptors (Lipinski definition) is 5. The second-order valence-electron chi connectivity index (χ2n) is 5.44. The van der Waals surface area contributed by atoms with Crippen LogP contribution in [0.15, 0.2) is 42.5 Å². The summed E-state index contributed by atoms with van der Waals surface area (Å²) in [6, 6.07) is 13.5. The van der Waals surface area contributed by atoms with Gasteiger partial charge in [-0.1, -0.05) is 30.3 Å². The summed E-state index contributed by atoms with van der Waals surface area (Å²) in [6.07, 6.45) is 0.752. The maximum Gasteiger partial charge on any atom is 0.203 e. The van der Waals surface area contributed by atoms with Gasteiger partial charge in [-0.05, 0) is 24.7 Å². The van der Waals surface area contributed by atoms with Crippen molar-refractivity contribution >= 4 is 6.29 Å². The molecule has 0 saturated carbocycles. The molecule has 2 aromatic carbocycles. The number of aldehydes is 1. The Kier molecular flexibility index (Phi) is 6.63. The van der Waals surface area contributed by atoms with E-state index in [2.05, 4.69) is 17.0 Å². The highest BCUT2D eigenvalue weighted by molar-refractivity contribution is 5.78. The summed E-state index contributed by atoms with van der Waals surface area (Å²) in [4.78, 5) is 13.1. The molecule has 5 heteroatoms. The minimum Gasteiger partial charge on any atom is -0.493 e. The quantitative estimate of drug-likeness (QED) is 0.662. The molecule has 0 aliphatic rings. The third kappa shape index (κ3) is 4.73. The summed E-state index contributed by atoms with van der Waals surface area (Å²) in [5, 5.41) is 0. The second kappa shape index (κ2) is 8.93. The Morgan fingerprint density at radius 3 is 2.21 bits per heavy atom. The number of hydrogen-bond donors (Lipinski definition) is 0. The van der Waals surface area contributed by atoms with Gasteiger partial charge in [0.25, 0.3) is 0 Å². The van der Waals surface area contributed by atoms with Crippen LogP contribution in [0.25, 0.3) is 0 Å². The van der Waals surface area contributed by atoms with Gasteiger partial charge in [0.1, 0.15) is 12.9 Å². The molecule has 128 valence electrons. The molecule has 0 unspecified atom stereocenters. The van der Waals surface area contributed by atoms with Gasteiger partial charge in [0.05, 0.1) is 14.2 Å². The fourth-order valence-electron chi connectivity index (χ4n) is 2.39. The highest BCUT2D eigenvalue weighted by atomic mass is 16.5. The Hall–Kier alpha value is -2.53. The molecule has 0 atom stereocenters. The third-order valence-electron chi connectivity index (χ3n) is 3.63. The monoisotopic (exact) mass is 329 g/mol. The summed E-state index contributed by atoms with van der Waals surface area (Å²) >= 11 is 0. The number of carbonyl (C=O) groups is 1. The van der Waals surface area contributed by atoms with Crippen LogP contribution in [-0.2, 0) is 6.54 Å². The van der Waals surface area contributed by atoms with Crippen LogP contribution in [0.4, 0.5) is 0 Å². The minimum atomic E-state index is 0.483. The van der Waals surface area contributed by atoms with Gasteiger partial charge >= 0.3 is 0 Å². The smallest absolute Gasteiger partial charge is 0.203 e. The molecule has 0 aliphatic heterocycles. The number of benzene rings is 2. The maximum absolute atomic E-state index is 11.0. The van der Waals surface area contributed by atoms with Crippen LogP contribution >= 0.6 is 0 Å². The average molecular weight is 329 g/mol. The number of likely N-dealkylation sites (N-methyl/N-ethyl adjacent to an activating group) is 1. The van der Waals surface area contributed by atoms with Gasteiger partial charge in [0.2, 0.25) is 5.75 Å². The van der Waals surface area contributed by atoms with Gasteiger partial charge in [0, 0.05) is 18.7 Å². The Morgan fingerprint density at radius 2 is 1.67 bits per heavy atom. The van der Waals surface area contributed by atoms with Gasteiger partial charge in [-0.25, -0.2) is 0 Å². The molecule has 0 saturated heterocycles. The van der Waals surface area contributed by atoms with E-state index in [1.54, 1.807) is 12.1 Å². The topological polar surface area (TPSA) is 48.0 Å². The maximum atomic E-state index is 11.0. The van der Waals surface area contributed by atoms with E-state index in [1.165, 1.54) is 19.8 Å². The molecular formula is C19H23NO4. The summed E-state index contributed by atoms with van der Waals surface area (Å²) in [6.45, 7) is 2.08. The molecule has 0 aromatic heterocycles. The van der Waals surface area contributed by atoms with Gasteiger partial charge in [-0.15, -0.1) is 0 Å². The van der Waals surface area contributed by atoms with E-state index in [-0.39, 0.29) is 0 Å². The van der Waals surface area contributed by atoms with Gasteiger partial charge in [-0.3, -0.25) is 9.69 Å².